The van der Waals surface area contributed by atoms with E-state index in [1.807, 2.05) is 4.90 Å². The van der Waals surface area contributed by atoms with Crippen molar-refractivity contribution in [1.82, 2.24) is 10.1 Å². The van der Waals surface area contributed by atoms with Crippen LogP contribution < -0.4 is 0 Å². The fourth-order valence-electron chi connectivity index (χ4n) is 3.14. The molecule has 2 atom stereocenters. The molecule has 1 amide bonds. The fourth-order valence-corrected chi connectivity index (χ4v) is 3.14. The zero-order valence-corrected chi connectivity index (χ0v) is 11.9. The van der Waals surface area contributed by atoms with Crippen LogP contribution in [0.3, 0.4) is 0 Å². The van der Waals surface area contributed by atoms with Gasteiger partial charge in [-0.1, -0.05) is 5.16 Å². The summed E-state index contributed by atoms with van der Waals surface area (Å²) < 4.78 is 16.3. The largest absolute Gasteiger partial charge is 0.379 e. The summed E-state index contributed by atoms with van der Waals surface area (Å²) >= 11 is 0. The summed E-state index contributed by atoms with van der Waals surface area (Å²) in [7, 11) is 1.71. The Kier molecular flexibility index (Phi) is 3.52. The fraction of sp³-hybridized carbons (Fsp3) is 0.714. The number of rotatable bonds is 2. The van der Waals surface area contributed by atoms with E-state index in [4.69, 9.17) is 14.0 Å². The monoisotopic (exact) mass is 280 g/mol. The van der Waals surface area contributed by atoms with Crippen LogP contribution in [0.15, 0.2) is 10.6 Å². The summed E-state index contributed by atoms with van der Waals surface area (Å²) in [6, 6.07) is 1.68. The minimum Gasteiger partial charge on any atom is -0.379 e. The van der Waals surface area contributed by atoms with Crippen molar-refractivity contribution in [2.24, 2.45) is 0 Å². The number of hydrogen-bond acceptors (Lipinski definition) is 5. The van der Waals surface area contributed by atoms with Crippen molar-refractivity contribution in [3.8, 4) is 0 Å². The molecule has 110 valence electrons. The molecular weight excluding hydrogens is 260 g/mol. The highest BCUT2D eigenvalue weighted by atomic mass is 16.6. The van der Waals surface area contributed by atoms with Gasteiger partial charge < -0.3 is 18.9 Å². The van der Waals surface area contributed by atoms with E-state index in [-0.39, 0.29) is 17.6 Å². The second-order valence-corrected chi connectivity index (χ2v) is 5.71. The van der Waals surface area contributed by atoms with E-state index in [1.54, 1.807) is 20.1 Å². The normalized spacial score (nSPS) is 30.1. The molecule has 2 aliphatic rings. The van der Waals surface area contributed by atoms with Crippen LogP contribution in [0, 0.1) is 6.92 Å². The van der Waals surface area contributed by atoms with Gasteiger partial charge in [-0.15, -0.1) is 0 Å². The van der Waals surface area contributed by atoms with E-state index in [1.165, 1.54) is 0 Å². The molecule has 1 spiro atoms. The predicted molar refractivity (Wildman–Crippen MR) is 70.5 cm³/mol. The van der Waals surface area contributed by atoms with Crippen molar-refractivity contribution < 1.29 is 18.8 Å². The molecule has 0 bridgehead atoms. The van der Waals surface area contributed by atoms with E-state index in [0.717, 1.165) is 25.8 Å². The molecule has 20 heavy (non-hydrogen) atoms. The van der Waals surface area contributed by atoms with Crippen molar-refractivity contribution in [2.75, 3.05) is 26.8 Å². The Hall–Kier alpha value is -1.40. The summed E-state index contributed by atoms with van der Waals surface area (Å²) in [5.74, 6) is 0.571. The standard InChI is InChI=1S/C14H20N2O4/c1-10-6-12(15-20-10)13(17)16-5-3-4-14(9-16)7-11(18-2)8-19-14/h6,11H,3-5,7-9H2,1-2H3/t11-,14-/m0/s1. The van der Waals surface area contributed by atoms with Gasteiger partial charge in [0.15, 0.2) is 5.69 Å². The van der Waals surface area contributed by atoms with Crippen molar-refractivity contribution >= 4 is 5.91 Å². The molecule has 6 heteroatoms. The van der Waals surface area contributed by atoms with Gasteiger partial charge in [0.2, 0.25) is 0 Å². The van der Waals surface area contributed by atoms with E-state index in [2.05, 4.69) is 5.16 Å². The zero-order valence-electron chi connectivity index (χ0n) is 11.9. The molecule has 0 radical (unpaired) electrons. The molecule has 2 fully saturated rings. The van der Waals surface area contributed by atoms with Gasteiger partial charge in [-0.25, -0.2) is 0 Å². The van der Waals surface area contributed by atoms with Crippen LogP contribution in [0.2, 0.25) is 0 Å². The summed E-state index contributed by atoms with van der Waals surface area (Å²) in [6.07, 6.45) is 2.91. The first-order valence-electron chi connectivity index (χ1n) is 7.01. The smallest absolute Gasteiger partial charge is 0.276 e. The molecule has 3 heterocycles. The number of amides is 1. The maximum absolute atomic E-state index is 12.4. The van der Waals surface area contributed by atoms with E-state index in [9.17, 15) is 4.79 Å². The van der Waals surface area contributed by atoms with E-state index < -0.39 is 0 Å². The summed E-state index contributed by atoms with van der Waals surface area (Å²) in [5.41, 5.74) is 0.133. The molecule has 2 aliphatic heterocycles. The van der Waals surface area contributed by atoms with E-state index >= 15 is 0 Å². The second-order valence-electron chi connectivity index (χ2n) is 5.71. The van der Waals surface area contributed by atoms with Crippen LogP contribution in [0.5, 0.6) is 0 Å². The van der Waals surface area contributed by atoms with Gasteiger partial charge in [-0.05, 0) is 19.8 Å². The summed E-state index contributed by atoms with van der Waals surface area (Å²) in [5, 5.41) is 3.81. The lowest BCUT2D eigenvalue weighted by Crippen LogP contribution is -2.50. The Balaban J connectivity index is 1.71. The number of aromatic nitrogens is 1. The average molecular weight is 280 g/mol. The number of nitrogens with zero attached hydrogens (tertiary/aromatic N) is 2. The predicted octanol–water partition coefficient (Wildman–Crippen LogP) is 1.39. The van der Waals surface area contributed by atoms with Crippen molar-refractivity contribution in [3.63, 3.8) is 0 Å². The highest BCUT2D eigenvalue weighted by molar-refractivity contribution is 5.92. The number of aryl methyl sites for hydroxylation is 1. The molecule has 0 unspecified atom stereocenters. The number of ether oxygens (including phenoxy) is 2. The number of carbonyl (C=O) groups is 1. The molecule has 2 saturated heterocycles. The lowest BCUT2D eigenvalue weighted by molar-refractivity contribution is -0.0460. The highest BCUT2D eigenvalue weighted by Crippen LogP contribution is 2.35. The van der Waals surface area contributed by atoms with E-state index in [0.29, 0.717) is 24.6 Å². The second kappa shape index (κ2) is 5.18. The zero-order chi connectivity index (χ0) is 14.2. The van der Waals surface area contributed by atoms with Crippen LogP contribution in [-0.2, 0) is 9.47 Å². The third kappa shape index (κ3) is 2.45. The molecule has 6 nitrogen and oxygen atoms in total. The molecule has 0 aliphatic carbocycles. The maximum Gasteiger partial charge on any atom is 0.276 e. The number of hydrogen-bond donors (Lipinski definition) is 0. The highest BCUT2D eigenvalue weighted by Gasteiger charge is 2.45. The van der Waals surface area contributed by atoms with Gasteiger partial charge >= 0.3 is 0 Å². The van der Waals surface area contributed by atoms with Crippen LogP contribution in [0.25, 0.3) is 0 Å². The van der Waals surface area contributed by atoms with Crippen molar-refractivity contribution in [1.29, 1.82) is 0 Å². The molecule has 1 aromatic heterocycles. The number of piperidine rings is 1. The first-order chi connectivity index (χ1) is 9.62. The maximum atomic E-state index is 12.4. The minimum absolute atomic E-state index is 0.0783. The summed E-state index contributed by atoms with van der Waals surface area (Å²) in [6.45, 7) is 3.75. The van der Waals surface area contributed by atoms with Gasteiger partial charge in [0.1, 0.15) is 5.76 Å². The molecule has 1 aromatic rings. The van der Waals surface area contributed by atoms with Gasteiger partial charge in [0, 0.05) is 26.1 Å². The minimum atomic E-state index is -0.243. The van der Waals surface area contributed by atoms with Crippen LogP contribution in [-0.4, -0.2) is 54.5 Å². The van der Waals surface area contributed by atoms with Gasteiger partial charge in [-0.2, -0.15) is 0 Å². The Bertz CT molecular complexity index is 501. The number of likely N-dealkylation sites (tertiary alicyclic amines) is 1. The van der Waals surface area contributed by atoms with Crippen molar-refractivity contribution in [2.45, 2.75) is 37.9 Å². The third-order valence-corrected chi connectivity index (χ3v) is 4.18. The third-order valence-electron chi connectivity index (χ3n) is 4.18. The lowest BCUT2D eigenvalue weighted by Gasteiger charge is -2.39. The molecule has 0 aromatic carbocycles. The lowest BCUT2D eigenvalue weighted by atomic mass is 9.89. The van der Waals surface area contributed by atoms with Crippen LogP contribution >= 0.6 is 0 Å². The Morgan fingerprint density at radius 2 is 2.45 bits per heavy atom. The quantitative estimate of drug-likeness (QED) is 0.819. The van der Waals surface area contributed by atoms with Gasteiger partial charge in [-0.3, -0.25) is 4.79 Å². The molecular formula is C14H20N2O4. The Morgan fingerprint density at radius 3 is 3.10 bits per heavy atom. The van der Waals surface area contributed by atoms with Gasteiger partial charge in [0.05, 0.1) is 24.9 Å². The first-order valence-corrected chi connectivity index (χ1v) is 7.01. The van der Waals surface area contributed by atoms with Crippen molar-refractivity contribution in [3.05, 3.63) is 17.5 Å². The topological polar surface area (TPSA) is 64.8 Å². The number of carbonyl (C=O) groups excluding carboxylic acids is 1. The van der Waals surface area contributed by atoms with Crippen LogP contribution in [0.1, 0.15) is 35.5 Å². The molecule has 3 rings (SSSR count). The molecule has 0 N–H and O–H groups in total. The SMILES string of the molecule is CO[C@@H]1CO[C@@]2(CCCN(C(=O)c3cc(C)on3)C2)C1. The first kappa shape index (κ1) is 13.6. The average Bonchev–Trinajstić information content (AvgIpc) is 3.05. The van der Waals surface area contributed by atoms with Crippen LogP contribution in [0.4, 0.5) is 0 Å². The van der Waals surface area contributed by atoms with Gasteiger partial charge in [0.25, 0.3) is 5.91 Å². The Labute approximate surface area is 118 Å². The number of methoxy groups -OCH3 is 1. The Morgan fingerprint density at radius 1 is 1.60 bits per heavy atom. The summed E-state index contributed by atoms with van der Waals surface area (Å²) in [4.78, 5) is 14.2. The molecule has 0 saturated carbocycles.